The van der Waals surface area contributed by atoms with Crippen molar-refractivity contribution in [2.45, 2.75) is 46.1 Å². The smallest absolute Gasteiger partial charge is 0.125 e. The number of anilines is 1. The van der Waals surface area contributed by atoms with E-state index in [0.717, 1.165) is 38.0 Å². The molecule has 2 unspecified atom stereocenters. The highest BCUT2D eigenvalue weighted by atomic mass is 19.1. The summed E-state index contributed by atoms with van der Waals surface area (Å²) in [5.41, 5.74) is 0.896. The molecule has 1 aromatic carbocycles. The molecule has 3 heteroatoms. The van der Waals surface area contributed by atoms with Crippen molar-refractivity contribution in [3.8, 4) is 0 Å². The minimum Gasteiger partial charge on any atom is -0.392 e. The molecule has 112 valence electrons. The zero-order chi connectivity index (χ0) is 14.8. The van der Waals surface area contributed by atoms with E-state index in [9.17, 15) is 9.50 Å². The molecule has 0 bridgehead atoms. The van der Waals surface area contributed by atoms with E-state index in [1.54, 1.807) is 12.1 Å². The fraction of sp³-hybridized carbons (Fsp3) is 0.647. The SMILES string of the molecule is CCN(CC1CCCC(C)(C)C1O)c1cccc(F)c1. The summed E-state index contributed by atoms with van der Waals surface area (Å²) in [4.78, 5) is 2.17. The Morgan fingerprint density at radius 1 is 1.40 bits per heavy atom. The van der Waals surface area contributed by atoms with Crippen LogP contribution in [0.5, 0.6) is 0 Å². The second-order valence-electron chi connectivity index (χ2n) is 6.60. The molecule has 0 radical (unpaired) electrons. The van der Waals surface area contributed by atoms with Gasteiger partial charge in [0.15, 0.2) is 0 Å². The Kier molecular flexibility index (Phi) is 4.69. The van der Waals surface area contributed by atoms with Crippen molar-refractivity contribution < 1.29 is 9.50 Å². The lowest BCUT2D eigenvalue weighted by Gasteiger charge is -2.42. The molecule has 0 amide bonds. The molecule has 1 aliphatic rings. The van der Waals surface area contributed by atoms with Gasteiger partial charge in [-0.25, -0.2) is 4.39 Å². The van der Waals surface area contributed by atoms with Crippen molar-refractivity contribution in [3.63, 3.8) is 0 Å². The van der Waals surface area contributed by atoms with Gasteiger partial charge in [-0.1, -0.05) is 26.3 Å². The highest BCUT2D eigenvalue weighted by Crippen LogP contribution is 2.39. The molecule has 1 aliphatic carbocycles. The lowest BCUT2D eigenvalue weighted by Crippen LogP contribution is -2.45. The van der Waals surface area contributed by atoms with Crippen LogP contribution in [0, 0.1) is 17.2 Å². The number of hydrogen-bond acceptors (Lipinski definition) is 2. The molecule has 0 aliphatic heterocycles. The zero-order valence-electron chi connectivity index (χ0n) is 12.8. The molecule has 2 rings (SSSR count). The van der Waals surface area contributed by atoms with Crippen LogP contribution in [-0.4, -0.2) is 24.3 Å². The minimum absolute atomic E-state index is 0.00966. The predicted molar refractivity (Wildman–Crippen MR) is 81.4 cm³/mol. The molecule has 20 heavy (non-hydrogen) atoms. The average molecular weight is 279 g/mol. The number of nitrogens with zero attached hydrogens (tertiary/aromatic N) is 1. The zero-order valence-corrected chi connectivity index (χ0v) is 12.8. The number of hydrogen-bond donors (Lipinski definition) is 1. The minimum atomic E-state index is -0.279. The Hall–Kier alpha value is -1.09. The molecule has 0 heterocycles. The molecular formula is C17H26FNO. The summed E-state index contributed by atoms with van der Waals surface area (Å²) in [6.45, 7) is 7.98. The van der Waals surface area contributed by atoms with E-state index >= 15 is 0 Å². The molecule has 2 nitrogen and oxygen atoms in total. The molecule has 0 saturated heterocycles. The Morgan fingerprint density at radius 2 is 2.15 bits per heavy atom. The highest BCUT2D eigenvalue weighted by molar-refractivity contribution is 5.46. The number of aliphatic hydroxyl groups excluding tert-OH is 1. The van der Waals surface area contributed by atoms with E-state index in [0.29, 0.717) is 0 Å². The number of rotatable bonds is 4. The third kappa shape index (κ3) is 3.32. The van der Waals surface area contributed by atoms with Gasteiger partial charge in [-0.2, -0.15) is 0 Å². The van der Waals surface area contributed by atoms with Gasteiger partial charge < -0.3 is 10.0 Å². The molecule has 2 atom stereocenters. The van der Waals surface area contributed by atoms with E-state index < -0.39 is 0 Å². The Morgan fingerprint density at radius 3 is 2.80 bits per heavy atom. The monoisotopic (exact) mass is 279 g/mol. The summed E-state index contributed by atoms with van der Waals surface area (Å²) in [5.74, 6) is 0.0624. The largest absolute Gasteiger partial charge is 0.392 e. The van der Waals surface area contributed by atoms with Crippen LogP contribution >= 0.6 is 0 Å². The van der Waals surface area contributed by atoms with Crippen LogP contribution in [0.2, 0.25) is 0 Å². The Bertz CT molecular complexity index is 446. The lowest BCUT2D eigenvalue weighted by molar-refractivity contribution is -0.0292. The van der Waals surface area contributed by atoms with Crippen LogP contribution in [0.4, 0.5) is 10.1 Å². The Balaban J connectivity index is 2.10. The van der Waals surface area contributed by atoms with Gasteiger partial charge in [0.25, 0.3) is 0 Å². The van der Waals surface area contributed by atoms with E-state index in [1.165, 1.54) is 6.07 Å². The van der Waals surface area contributed by atoms with Gasteiger partial charge >= 0.3 is 0 Å². The fourth-order valence-electron chi connectivity index (χ4n) is 3.33. The molecular weight excluding hydrogens is 253 g/mol. The van der Waals surface area contributed by atoms with Crippen molar-refractivity contribution in [3.05, 3.63) is 30.1 Å². The second kappa shape index (κ2) is 6.13. The maximum Gasteiger partial charge on any atom is 0.125 e. The van der Waals surface area contributed by atoms with Gasteiger partial charge in [-0.05, 0) is 43.4 Å². The molecule has 0 aromatic heterocycles. The maximum absolute atomic E-state index is 13.4. The van der Waals surface area contributed by atoms with Crippen LogP contribution in [-0.2, 0) is 0 Å². The summed E-state index contributed by atoms with van der Waals surface area (Å²) in [6.07, 6.45) is 3.02. The van der Waals surface area contributed by atoms with Crippen molar-refractivity contribution in [2.24, 2.45) is 11.3 Å². The van der Waals surface area contributed by atoms with Gasteiger partial charge in [0.2, 0.25) is 0 Å². The van der Waals surface area contributed by atoms with Crippen LogP contribution in [0.25, 0.3) is 0 Å². The number of halogens is 1. The quantitative estimate of drug-likeness (QED) is 0.905. The summed E-state index contributed by atoms with van der Waals surface area (Å²) in [6, 6.07) is 6.72. The first kappa shape index (κ1) is 15.3. The van der Waals surface area contributed by atoms with Gasteiger partial charge in [-0.3, -0.25) is 0 Å². The Labute approximate surface area is 121 Å². The summed E-state index contributed by atoms with van der Waals surface area (Å²) in [7, 11) is 0. The topological polar surface area (TPSA) is 23.5 Å². The normalized spacial score (nSPS) is 25.4. The second-order valence-corrected chi connectivity index (χ2v) is 6.60. The van der Waals surface area contributed by atoms with Crippen LogP contribution < -0.4 is 4.90 Å². The van der Waals surface area contributed by atoms with Crippen molar-refractivity contribution >= 4 is 5.69 Å². The fourth-order valence-corrected chi connectivity index (χ4v) is 3.33. The first-order chi connectivity index (χ1) is 9.44. The van der Waals surface area contributed by atoms with Gasteiger partial charge in [0.05, 0.1) is 6.10 Å². The van der Waals surface area contributed by atoms with Crippen LogP contribution in [0.3, 0.4) is 0 Å². The highest BCUT2D eigenvalue weighted by Gasteiger charge is 2.38. The molecule has 0 spiro atoms. The van der Waals surface area contributed by atoms with Crippen LogP contribution in [0.1, 0.15) is 40.0 Å². The summed E-state index contributed by atoms with van der Waals surface area (Å²) >= 11 is 0. The average Bonchev–Trinajstić information content (AvgIpc) is 2.40. The van der Waals surface area contributed by atoms with Crippen LogP contribution in [0.15, 0.2) is 24.3 Å². The lowest BCUT2D eigenvalue weighted by atomic mass is 9.69. The van der Waals surface area contributed by atoms with E-state index in [1.807, 2.05) is 6.07 Å². The molecule has 1 saturated carbocycles. The first-order valence-electron chi connectivity index (χ1n) is 7.62. The standard InChI is InChI=1S/C17H26FNO/c1-4-19(15-9-5-8-14(18)11-15)12-13-7-6-10-17(2,3)16(13)20/h5,8-9,11,13,16,20H,4,6-7,10,12H2,1-3H3. The predicted octanol–water partition coefficient (Wildman–Crippen LogP) is 3.84. The number of benzene rings is 1. The third-order valence-electron chi connectivity index (χ3n) is 4.65. The van der Waals surface area contributed by atoms with Gasteiger partial charge in [0, 0.05) is 24.7 Å². The third-order valence-corrected chi connectivity index (χ3v) is 4.65. The van der Waals surface area contributed by atoms with Crippen molar-refractivity contribution in [1.29, 1.82) is 0 Å². The maximum atomic E-state index is 13.4. The van der Waals surface area contributed by atoms with Crippen molar-refractivity contribution in [1.82, 2.24) is 0 Å². The van der Waals surface area contributed by atoms with E-state index in [2.05, 4.69) is 25.7 Å². The molecule has 1 aromatic rings. The van der Waals surface area contributed by atoms with Crippen molar-refractivity contribution in [2.75, 3.05) is 18.0 Å². The van der Waals surface area contributed by atoms with E-state index in [-0.39, 0.29) is 23.3 Å². The summed E-state index contributed by atoms with van der Waals surface area (Å²) < 4.78 is 13.4. The number of aliphatic hydroxyl groups is 1. The van der Waals surface area contributed by atoms with Gasteiger partial charge in [-0.15, -0.1) is 0 Å². The first-order valence-corrected chi connectivity index (χ1v) is 7.62. The molecule has 1 N–H and O–H groups in total. The van der Waals surface area contributed by atoms with E-state index in [4.69, 9.17) is 0 Å². The molecule has 1 fully saturated rings. The summed E-state index contributed by atoms with van der Waals surface area (Å²) in [5, 5.41) is 10.5. The van der Waals surface area contributed by atoms with Gasteiger partial charge in [0.1, 0.15) is 5.82 Å².